The van der Waals surface area contributed by atoms with Gasteiger partial charge in [0.2, 0.25) is 0 Å². The molecule has 1 aliphatic rings. The Bertz CT molecular complexity index is 617. The Morgan fingerprint density at radius 1 is 1.57 bits per heavy atom. The highest BCUT2D eigenvalue weighted by Gasteiger charge is 2.41. The van der Waals surface area contributed by atoms with Crippen LogP contribution in [0.1, 0.15) is 12.8 Å². The normalized spacial score (nSPS) is 18.6. The maximum atomic E-state index is 12.3. The second-order valence-electron chi connectivity index (χ2n) is 4.94. The van der Waals surface area contributed by atoms with Gasteiger partial charge in [0.05, 0.1) is 16.6 Å². The molecule has 0 radical (unpaired) electrons. The van der Waals surface area contributed by atoms with Gasteiger partial charge in [-0.15, -0.1) is 0 Å². The van der Waals surface area contributed by atoms with Crippen molar-refractivity contribution >= 4 is 27.6 Å². The fourth-order valence-corrected chi connectivity index (χ4v) is 4.01. The van der Waals surface area contributed by atoms with E-state index >= 15 is 0 Å². The number of aromatic nitrogens is 2. The van der Waals surface area contributed by atoms with Crippen LogP contribution in [0.3, 0.4) is 0 Å². The SMILES string of the molecule is Cn1ncc(Cl)c1S(=O)(=O)NCC1(C(=O)O)CCOCC1. The number of nitrogens with one attached hydrogen (secondary N) is 1. The molecule has 21 heavy (non-hydrogen) atoms. The molecule has 0 unspecified atom stereocenters. The van der Waals surface area contributed by atoms with E-state index < -0.39 is 21.4 Å². The van der Waals surface area contributed by atoms with Crippen molar-refractivity contribution in [1.82, 2.24) is 14.5 Å². The zero-order valence-electron chi connectivity index (χ0n) is 11.4. The van der Waals surface area contributed by atoms with Gasteiger partial charge in [0.25, 0.3) is 10.0 Å². The van der Waals surface area contributed by atoms with Crippen LogP contribution in [-0.2, 0) is 26.6 Å². The molecule has 1 aromatic heterocycles. The topological polar surface area (TPSA) is 111 Å². The second kappa shape index (κ2) is 5.91. The number of hydrogen-bond donors (Lipinski definition) is 2. The number of carbonyl (C=O) groups is 1. The first-order valence-electron chi connectivity index (χ1n) is 6.27. The van der Waals surface area contributed by atoms with Crippen LogP contribution in [0.4, 0.5) is 0 Å². The number of carboxylic acid groups (broad SMARTS) is 1. The molecule has 2 heterocycles. The fourth-order valence-electron chi connectivity index (χ4n) is 2.23. The molecule has 2 N–H and O–H groups in total. The van der Waals surface area contributed by atoms with Crippen LogP contribution in [0.25, 0.3) is 0 Å². The number of aliphatic carboxylic acids is 1. The van der Waals surface area contributed by atoms with Crippen molar-refractivity contribution in [3.63, 3.8) is 0 Å². The molecule has 0 amide bonds. The van der Waals surface area contributed by atoms with Crippen molar-refractivity contribution in [3.05, 3.63) is 11.2 Å². The third-order valence-corrected chi connectivity index (χ3v) is 5.51. The van der Waals surface area contributed by atoms with Crippen LogP contribution in [0.2, 0.25) is 5.02 Å². The predicted octanol–water partition coefficient (Wildman–Crippen LogP) is 0.233. The number of rotatable bonds is 5. The molecule has 1 aliphatic heterocycles. The van der Waals surface area contributed by atoms with Gasteiger partial charge in [0.15, 0.2) is 5.03 Å². The third-order valence-electron chi connectivity index (χ3n) is 3.60. The summed E-state index contributed by atoms with van der Waals surface area (Å²) in [7, 11) is -2.49. The second-order valence-corrected chi connectivity index (χ2v) is 7.03. The number of sulfonamides is 1. The number of carboxylic acids is 1. The number of hydrogen-bond acceptors (Lipinski definition) is 5. The molecule has 0 atom stereocenters. The fraction of sp³-hybridized carbons (Fsp3) is 0.636. The molecule has 0 aromatic carbocycles. The van der Waals surface area contributed by atoms with Gasteiger partial charge in [-0.2, -0.15) is 5.10 Å². The van der Waals surface area contributed by atoms with Crippen LogP contribution in [0, 0.1) is 5.41 Å². The van der Waals surface area contributed by atoms with Gasteiger partial charge in [0, 0.05) is 26.8 Å². The van der Waals surface area contributed by atoms with Crippen LogP contribution in [-0.4, -0.2) is 49.0 Å². The summed E-state index contributed by atoms with van der Waals surface area (Å²) in [6.45, 7) is 0.372. The lowest BCUT2D eigenvalue weighted by Crippen LogP contribution is -2.46. The van der Waals surface area contributed by atoms with Crippen molar-refractivity contribution in [2.45, 2.75) is 17.9 Å². The third kappa shape index (κ3) is 3.20. The van der Waals surface area contributed by atoms with Gasteiger partial charge in [0.1, 0.15) is 0 Å². The average molecular weight is 338 g/mol. The van der Waals surface area contributed by atoms with Crippen molar-refractivity contribution in [3.8, 4) is 0 Å². The van der Waals surface area contributed by atoms with Crippen molar-refractivity contribution in [1.29, 1.82) is 0 Å². The summed E-state index contributed by atoms with van der Waals surface area (Å²) in [5.41, 5.74) is -1.16. The van der Waals surface area contributed by atoms with E-state index in [-0.39, 0.29) is 29.4 Å². The number of nitrogens with zero attached hydrogens (tertiary/aromatic N) is 2. The molecule has 8 nitrogen and oxygen atoms in total. The molecule has 0 saturated carbocycles. The minimum atomic E-state index is -3.93. The number of halogens is 1. The maximum absolute atomic E-state index is 12.3. The molecule has 2 rings (SSSR count). The minimum Gasteiger partial charge on any atom is -0.481 e. The molecular weight excluding hydrogens is 322 g/mol. The van der Waals surface area contributed by atoms with E-state index in [0.717, 1.165) is 4.68 Å². The number of ether oxygens (including phenoxy) is 1. The standard InChI is InChI=1S/C11H16ClN3O5S/c1-15-9(8(12)6-13-15)21(18,19)14-7-11(10(16)17)2-4-20-5-3-11/h6,14H,2-5,7H2,1H3,(H,16,17). The van der Waals surface area contributed by atoms with Crippen molar-refractivity contribution < 1.29 is 23.1 Å². The van der Waals surface area contributed by atoms with E-state index in [1.807, 2.05) is 0 Å². The summed E-state index contributed by atoms with van der Waals surface area (Å²) in [4.78, 5) is 11.5. The van der Waals surface area contributed by atoms with E-state index in [0.29, 0.717) is 13.2 Å². The van der Waals surface area contributed by atoms with E-state index in [1.165, 1.54) is 13.2 Å². The Labute approximate surface area is 127 Å². The maximum Gasteiger partial charge on any atom is 0.311 e. The molecule has 118 valence electrons. The Morgan fingerprint density at radius 3 is 2.67 bits per heavy atom. The Morgan fingerprint density at radius 2 is 2.19 bits per heavy atom. The molecule has 0 bridgehead atoms. The minimum absolute atomic E-state index is 0.0126. The van der Waals surface area contributed by atoms with Crippen LogP contribution >= 0.6 is 11.6 Å². The monoisotopic (exact) mass is 337 g/mol. The molecule has 1 fully saturated rings. The summed E-state index contributed by atoms with van der Waals surface area (Å²) in [5, 5.41) is 13.0. The molecule has 0 spiro atoms. The van der Waals surface area contributed by atoms with Crippen LogP contribution in [0.5, 0.6) is 0 Å². The predicted molar refractivity (Wildman–Crippen MR) is 73.5 cm³/mol. The van der Waals surface area contributed by atoms with Gasteiger partial charge >= 0.3 is 5.97 Å². The number of aryl methyl sites for hydroxylation is 1. The molecule has 1 saturated heterocycles. The quantitative estimate of drug-likeness (QED) is 0.796. The molecule has 0 aliphatic carbocycles. The van der Waals surface area contributed by atoms with Gasteiger partial charge in [-0.1, -0.05) is 11.6 Å². The zero-order valence-corrected chi connectivity index (χ0v) is 12.9. The first-order chi connectivity index (χ1) is 9.78. The van der Waals surface area contributed by atoms with E-state index in [1.54, 1.807) is 0 Å². The summed E-state index contributed by atoms with van der Waals surface area (Å²) < 4.78 is 33.1. The summed E-state index contributed by atoms with van der Waals surface area (Å²) in [5.74, 6) is -1.04. The highest BCUT2D eigenvalue weighted by molar-refractivity contribution is 7.89. The van der Waals surface area contributed by atoms with Gasteiger partial charge in [-0.3, -0.25) is 9.48 Å². The summed E-state index contributed by atoms with van der Waals surface area (Å²) in [6, 6.07) is 0. The lowest BCUT2D eigenvalue weighted by Gasteiger charge is -2.32. The molecule has 10 heteroatoms. The first-order valence-corrected chi connectivity index (χ1v) is 8.13. The Hall–Kier alpha value is -1.16. The highest BCUT2D eigenvalue weighted by atomic mass is 35.5. The molecule has 1 aromatic rings. The van der Waals surface area contributed by atoms with Crippen LogP contribution < -0.4 is 4.72 Å². The Kier molecular flexibility index (Phi) is 4.57. The summed E-state index contributed by atoms with van der Waals surface area (Å²) >= 11 is 5.81. The smallest absolute Gasteiger partial charge is 0.311 e. The first kappa shape index (κ1) is 16.2. The lowest BCUT2D eigenvalue weighted by atomic mass is 9.80. The van der Waals surface area contributed by atoms with E-state index in [9.17, 15) is 18.3 Å². The zero-order chi connectivity index (χ0) is 15.7. The molecular formula is C11H16ClN3O5S. The van der Waals surface area contributed by atoms with Gasteiger partial charge < -0.3 is 9.84 Å². The summed E-state index contributed by atoms with van der Waals surface area (Å²) in [6.07, 6.45) is 1.73. The largest absolute Gasteiger partial charge is 0.481 e. The van der Waals surface area contributed by atoms with E-state index in [4.69, 9.17) is 16.3 Å². The van der Waals surface area contributed by atoms with Gasteiger partial charge in [-0.25, -0.2) is 13.1 Å². The van der Waals surface area contributed by atoms with Crippen molar-refractivity contribution in [2.75, 3.05) is 19.8 Å². The van der Waals surface area contributed by atoms with Gasteiger partial charge in [-0.05, 0) is 12.8 Å². The van der Waals surface area contributed by atoms with Crippen LogP contribution in [0.15, 0.2) is 11.2 Å². The van der Waals surface area contributed by atoms with E-state index in [2.05, 4.69) is 9.82 Å². The highest BCUT2D eigenvalue weighted by Crippen LogP contribution is 2.31. The lowest BCUT2D eigenvalue weighted by molar-refractivity contribution is -0.154. The Balaban J connectivity index is 2.19. The average Bonchev–Trinajstić information content (AvgIpc) is 2.77. The van der Waals surface area contributed by atoms with Crippen molar-refractivity contribution in [2.24, 2.45) is 12.5 Å².